The third-order valence-electron chi connectivity index (χ3n) is 4.47. The summed E-state index contributed by atoms with van der Waals surface area (Å²) in [4.78, 5) is 21.4. The molecule has 0 radical (unpaired) electrons. The van der Waals surface area contributed by atoms with Crippen molar-refractivity contribution in [3.63, 3.8) is 0 Å². The van der Waals surface area contributed by atoms with Crippen molar-refractivity contribution in [3.05, 3.63) is 100 Å². The van der Waals surface area contributed by atoms with Gasteiger partial charge in [0.15, 0.2) is 0 Å². The molecule has 0 aliphatic rings. The number of nitro groups is 1. The second-order valence-corrected chi connectivity index (χ2v) is 10.6. The Hall–Kier alpha value is -2.84. The average Bonchev–Trinajstić information content (AvgIpc) is 2.73. The maximum atomic E-state index is 13.4. The first-order valence-electron chi connectivity index (χ1n) is 8.83. The summed E-state index contributed by atoms with van der Waals surface area (Å²) in [6.07, 6.45) is 0. The molecule has 3 aromatic carbocycles. The lowest BCUT2D eigenvalue weighted by atomic mass is 10.2. The highest BCUT2D eigenvalue weighted by molar-refractivity contribution is 7.90. The molecule has 0 amide bonds. The van der Waals surface area contributed by atoms with Gasteiger partial charge in [0.05, 0.1) is 9.82 Å². The Morgan fingerprint density at radius 3 is 2.23 bits per heavy atom. The molecule has 10 heteroatoms. The molecular formula is C20H19N2O6PS. The Bertz CT molecular complexity index is 1210. The van der Waals surface area contributed by atoms with Crippen LogP contribution in [0.1, 0.15) is 16.9 Å². The molecule has 8 nitrogen and oxygen atoms in total. The molecule has 156 valence electrons. The molecule has 2 atom stereocenters. The van der Waals surface area contributed by atoms with E-state index in [0.717, 1.165) is 11.6 Å². The van der Waals surface area contributed by atoms with Gasteiger partial charge in [0.1, 0.15) is 5.78 Å². The van der Waals surface area contributed by atoms with E-state index in [9.17, 15) is 28.0 Å². The van der Waals surface area contributed by atoms with Crippen LogP contribution in [0.25, 0.3) is 0 Å². The number of hydrogen-bond donors (Lipinski definition) is 2. The number of benzene rings is 3. The molecule has 0 bridgehead atoms. The van der Waals surface area contributed by atoms with E-state index in [1.807, 2.05) is 0 Å². The second-order valence-electron chi connectivity index (χ2n) is 6.65. The van der Waals surface area contributed by atoms with Gasteiger partial charge in [-0.2, -0.15) is 4.72 Å². The first-order chi connectivity index (χ1) is 14.1. The molecule has 0 fully saturated rings. The third kappa shape index (κ3) is 4.66. The molecule has 0 saturated carbocycles. The molecule has 3 aromatic rings. The normalized spacial score (nSPS) is 14.6. The molecule has 0 heterocycles. The Labute approximate surface area is 173 Å². The smallest absolute Gasteiger partial charge is 0.269 e. The fourth-order valence-electron chi connectivity index (χ4n) is 2.87. The van der Waals surface area contributed by atoms with Crippen LogP contribution in [0, 0.1) is 17.0 Å². The van der Waals surface area contributed by atoms with Crippen LogP contribution in [-0.2, 0) is 14.6 Å². The average molecular weight is 446 g/mol. The van der Waals surface area contributed by atoms with E-state index in [-0.39, 0.29) is 21.5 Å². The lowest BCUT2D eigenvalue weighted by Gasteiger charge is -2.25. The lowest BCUT2D eigenvalue weighted by Crippen LogP contribution is -2.31. The number of sulfonamides is 1. The summed E-state index contributed by atoms with van der Waals surface area (Å²) in [5.74, 6) is -1.62. The van der Waals surface area contributed by atoms with Crippen LogP contribution in [0.4, 0.5) is 5.69 Å². The third-order valence-corrected chi connectivity index (χ3v) is 8.25. The van der Waals surface area contributed by atoms with Crippen molar-refractivity contribution >= 4 is 28.4 Å². The van der Waals surface area contributed by atoms with Crippen molar-refractivity contribution in [2.45, 2.75) is 17.6 Å². The predicted octanol–water partition coefficient (Wildman–Crippen LogP) is 3.48. The summed E-state index contributed by atoms with van der Waals surface area (Å²) in [7, 11) is -8.57. The number of non-ortho nitro benzene ring substituents is 1. The minimum atomic E-state index is -4.37. The van der Waals surface area contributed by atoms with Crippen molar-refractivity contribution in [2.75, 3.05) is 0 Å². The van der Waals surface area contributed by atoms with Crippen molar-refractivity contribution < 1.29 is 22.8 Å². The van der Waals surface area contributed by atoms with Crippen LogP contribution in [0.3, 0.4) is 0 Å². The Morgan fingerprint density at radius 2 is 1.63 bits per heavy atom. The van der Waals surface area contributed by atoms with Gasteiger partial charge >= 0.3 is 0 Å². The number of hydrogen-bond acceptors (Lipinski definition) is 5. The fourth-order valence-corrected chi connectivity index (χ4v) is 6.38. The van der Waals surface area contributed by atoms with Crippen LogP contribution in [0.2, 0.25) is 0 Å². The molecule has 2 unspecified atom stereocenters. The predicted molar refractivity (Wildman–Crippen MR) is 113 cm³/mol. The molecular weight excluding hydrogens is 427 g/mol. The summed E-state index contributed by atoms with van der Waals surface area (Å²) in [5, 5.41) is 11.2. The van der Waals surface area contributed by atoms with Crippen molar-refractivity contribution in [1.29, 1.82) is 0 Å². The first-order valence-corrected chi connectivity index (χ1v) is 12.0. The fraction of sp³-hybridized carbons (Fsp3) is 0.100. The number of nitro benzene ring substituents is 1. The van der Waals surface area contributed by atoms with E-state index in [0.29, 0.717) is 0 Å². The zero-order chi connectivity index (χ0) is 21.9. The van der Waals surface area contributed by atoms with Crippen molar-refractivity contribution in [2.24, 2.45) is 0 Å². The van der Waals surface area contributed by atoms with Crippen LogP contribution >= 0.6 is 7.37 Å². The van der Waals surface area contributed by atoms with Crippen molar-refractivity contribution in [1.82, 2.24) is 4.72 Å². The highest BCUT2D eigenvalue weighted by Crippen LogP contribution is 2.53. The van der Waals surface area contributed by atoms with Gasteiger partial charge in [0.25, 0.3) is 13.1 Å². The molecule has 0 aliphatic carbocycles. The summed E-state index contributed by atoms with van der Waals surface area (Å²) >= 11 is 0. The number of aryl methyl sites for hydroxylation is 1. The van der Waals surface area contributed by atoms with E-state index in [1.54, 1.807) is 37.3 Å². The molecule has 30 heavy (non-hydrogen) atoms. The van der Waals surface area contributed by atoms with Crippen LogP contribution in [0.5, 0.6) is 0 Å². The highest BCUT2D eigenvalue weighted by Gasteiger charge is 2.38. The van der Waals surface area contributed by atoms with Crippen molar-refractivity contribution in [3.8, 4) is 0 Å². The van der Waals surface area contributed by atoms with Gasteiger partial charge in [0.2, 0.25) is 10.0 Å². The first kappa shape index (κ1) is 21.9. The van der Waals surface area contributed by atoms with Gasteiger partial charge in [-0.05, 0) is 36.8 Å². The van der Waals surface area contributed by atoms with Gasteiger partial charge < -0.3 is 4.89 Å². The standard InChI is InChI=1S/C20H19N2O6PS/c1-15-10-12-19(13-11-15)30(27,28)21-20(16-6-5-7-17(14-16)22(23)24)29(25,26)18-8-3-2-4-9-18/h2-14,20-21H,1H3,(H,25,26). The minimum absolute atomic E-state index is 0.00886. The van der Waals surface area contributed by atoms with E-state index in [4.69, 9.17) is 0 Å². The minimum Gasteiger partial charge on any atom is -0.340 e. The Morgan fingerprint density at radius 1 is 1.00 bits per heavy atom. The monoisotopic (exact) mass is 446 g/mol. The van der Waals surface area contributed by atoms with Gasteiger partial charge in [0, 0.05) is 17.4 Å². The molecule has 0 aliphatic heterocycles. The number of nitrogens with zero attached hydrogens (tertiary/aromatic N) is 1. The van der Waals surface area contributed by atoms with E-state index >= 15 is 0 Å². The van der Waals surface area contributed by atoms with Gasteiger partial charge in [-0.3, -0.25) is 14.7 Å². The molecule has 0 spiro atoms. The van der Waals surface area contributed by atoms with E-state index in [2.05, 4.69) is 4.72 Å². The van der Waals surface area contributed by atoms with E-state index in [1.165, 1.54) is 42.5 Å². The summed E-state index contributed by atoms with van der Waals surface area (Å²) in [6, 6.07) is 18.6. The zero-order valence-corrected chi connectivity index (χ0v) is 17.6. The van der Waals surface area contributed by atoms with Crippen LogP contribution < -0.4 is 10.0 Å². The Kier molecular flexibility index (Phi) is 6.19. The van der Waals surface area contributed by atoms with E-state index < -0.39 is 28.1 Å². The maximum absolute atomic E-state index is 13.4. The van der Waals surface area contributed by atoms with Gasteiger partial charge in [-0.15, -0.1) is 0 Å². The molecule has 0 aromatic heterocycles. The zero-order valence-electron chi connectivity index (χ0n) is 15.9. The number of nitrogens with one attached hydrogen (secondary N) is 1. The van der Waals surface area contributed by atoms with Crippen LogP contribution in [-0.4, -0.2) is 18.2 Å². The van der Waals surface area contributed by atoms with Gasteiger partial charge in [-0.1, -0.05) is 48.0 Å². The quantitative estimate of drug-likeness (QED) is 0.325. The van der Waals surface area contributed by atoms with Gasteiger partial charge in [-0.25, -0.2) is 8.42 Å². The summed E-state index contributed by atoms with van der Waals surface area (Å²) in [5.41, 5.74) is 0.538. The molecule has 3 rings (SSSR count). The summed E-state index contributed by atoms with van der Waals surface area (Å²) in [6.45, 7) is 1.80. The lowest BCUT2D eigenvalue weighted by molar-refractivity contribution is -0.384. The summed E-state index contributed by atoms with van der Waals surface area (Å²) < 4.78 is 41.6. The Balaban J connectivity index is 2.13. The maximum Gasteiger partial charge on any atom is 0.269 e. The topological polar surface area (TPSA) is 127 Å². The van der Waals surface area contributed by atoms with Crippen LogP contribution in [0.15, 0.2) is 83.8 Å². The largest absolute Gasteiger partial charge is 0.340 e. The molecule has 2 N–H and O–H groups in total. The second kappa shape index (κ2) is 8.49. The SMILES string of the molecule is Cc1ccc(S(=O)(=O)NC(c2cccc([N+](=O)[O-])c2)P(=O)(O)c2ccccc2)cc1. The number of rotatable bonds is 7. The highest BCUT2D eigenvalue weighted by atomic mass is 32.2. The molecule has 0 saturated heterocycles.